The molecule has 120 valence electrons. The number of likely N-dealkylation sites (tertiary alicyclic amines) is 1. The van der Waals surface area contributed by atoms with Gasteiger partial charge in [-0.05, 0) is 31.4 Å². The number of ether oxygens (including phenoxy) is 1. The molecule has 1 N–H and O–H groups in total. The Balaban J connectivity index is 1.80. The van der Waals surface area contributed by atoms with Crippen molar-refractivity contribution in [2.75, 3.05) is 38.6 Å². The molecule has 1 aliphatic heterocycles. The predicted octanol–water partition coefficient (Wildman–Crippen LogP) is 1.29. The van der Waals surface area contributed by atoms with Crippen LogP contribution in [-0.4, -0.2) is 54.1 Å². The molecular formula is C14H20N4O4. The van der Waals surface area contributed by atoms with Crippen LogP contribution in [0.2, 0.25) is 0 Å². The predicted molar refractivity (Wildman–Crippen MR) is 80.6 cm³/mol. The Morgan fingerprint density at radius 1 is 1.59 bits per heavy atom. The van der Waals surface area contributed by atoms with E-state index in [1.165, 1.54) is 19.4 Å². The van der Waals surface area contributed by atoms with Crippen LogP contribution < -0.4 is 5.32 Å². The fourth-order valence-corrected chi connectivity index (χ4v) is 2.56. The number of piperidine rings is 1. The van der Waals surface area contributed by atoms with Gasteiger partial charge in [0.1, 0.15) is 12.0 Å². The largest absolute Gasteiger partial charge is 0.468 e. The highest BCUT2D eigenvalue weighted by Gasteiger charge is 2.21. The lowest BCUT2D eigenvalue weighted by Gasteiger charge is -2.31. The van der Waals surface area contributed by atoms with E-state index in [1.807, 2.05) is 0 Å². The molecule has 1 fully saturated rings. The summed E-state index contributed by atoms with van der Waals surface area (Å²) in [5, 5.41) is 13.8. The average molecular weight is 308 g/mol. The fraction of sp³-hybridized carbons (Fsp3) is 0.571. The Morgan fingerprint density at radius 3 is 3.05 bits per heavy atom. The van der Waals surface area contributed by atoms with Crippen molar-refractivity contribution in [3.63, 3.8) is 0 Å². The molecule has 2 rings (SSSR count). The van der Waals surface area contributed by atoms with Gasteiger partial charge in [0.2, 0.25) is 0 Å². The van der Waals surface area contributed by atoms with Gasteiger partial charge in [-0.25, -0.2) is 4.98 Å². The minimum absolute atomic E-state index is 0.0209. The van der Waals surface area contributed by atoms with Crippen molar-refractivity contribution in [2.45, 2.75) is 12.8 Å². The summed E-state index contributed by atoms with van der Waals surface area (Å²) < 4.78 is 4.69. The van der Waals surface area contributed by atoms with Gasteiger partial charge in [-0.15, -0.1) is 0 Å². The summed E-state index contributed by atoms with van der Waals surface area (Å²) >= 11 is 0. The number of carbonyl (C=O) groups excluding carboxylic acids is 1. The molecule has 1 aromatic heterocycles. The molecular weight excluding hydrogens is 288 g/mol. The van der Waals surface area contributed by atoms with Gasteiger partial charge in [-0.2, -0.15) is 0 Å². The third-order valence-corrected chi connectivity index (χ3v) is 3.71. The van der Waals surface area contributed by atoms with Gasteiger partial charge in [0, 0.05) is 19.2 Å². The number of nitrogens with zero attached hydrogens (tertiary/aromatic N) is 3. The lowest BCUT2D eigenvalue weighted by molar-refractivity contribution is -0.385. The molecule has 0 radical (unpaired) electrons. The van der Waals surface area contributed by atoms with E-state index >= 15 is 0 Å². The van der Waals surface area contributed by atoms with Crippen LogP contribution in [0.5, 0.6) is 0 Å². The second-order valence-corrected chi connectivity index (χ2v) is 5.36. The van der Waals surface area contributed by atoms with Gasteiger partial charge in [0.05, 0.1) is 18.6 Å². The number of hydrogen-bond acceptors (Lipinski definition) is 7. The van der Waals surface area contributed by atoms with Crippen molar-refractivity contribution < 1.29 is 14.5 Å². The highest BCUT2D eigenvalue weighted by molar-refractivity contribution is 5.71. The van der Waals surface area contributed by atoms with Crippen LogP contribution in [-0.2, 0) is 9.53 Å². The Kier molecular flexibility index (Phi) is 5.65. The second kappa shape index (κ2) is 7.69. The molecule has 8 heteroatoms. The van der Waals surface area contributed by atoms with E-state index in [1.54, 1.807) is 6.07 Å². The molecule has 0 saturated carbocycles. The van der Waals surface area contributed by atoms with E-state index < -0.39 is 4.92 Å². The lowest BCUT2D eigenvalue weighted by Crippen LogP contribution is -2.41. The average Bonchev–Trinajstić information content (AvgIpc) is 2.53. The van der Waals surface area contributed by atoms with Gasteiger partial charge in [0.25, 0.3) is 5.69 Å². The summed E-state index contributed by atoms with van der Waals surface area (Å²) in [6.45, 7) is 2.78. The third-order valence-electron chi connectivity index (χ3n) is 3.71. The number of aromatic nitrogens is 1. The minimum Gasteiger partial charge on any atom is -0.468 e. The van der Waals surface area contributed by atoms with Crippen molar-refractivity contribution in [3.05, 3.63) is 28.4 Å². The summed E-state index contributed by atoms with van der Waals surface area (Å²) in [5.74, 6) is 0.816. The Labute approximate surface area is 128 Å². The number of hydrogen-bond donors (Lipinski definition) is 1. The number of pyridine rings is 1. The first-order valence-corrected chi connectivity index (χ1v) is 7.22. The first-order valence-electron chi connectivity index (χ1n) is 7.22. The summed E-state index contributed by atoms with van der Waals surface area (Å²) in [5.41, 5.74) is -0.0209. The van der Waals surface area contributed by atoms with E-state index in [0.717, 1.165) is 32.5 Å². The SMILES string of the molecule is COC(=O)CN1CCCC(CNc2ccc([N+](=O)[O-])cn2)C1. The van der Waals surface area contributed by atoms with Gasteiger partial charge in [-0.3, -0.25) is 19.8 Å². The zero-order valence-corrected chi connectivity index (χ0v) is 12.5. The zero-order valence-electron chi connectivity index (χ0n) is 12.5. The van der Waals surface area contributed by atoms with Crippen LogP contribution in [0.3, 0.4) is 0 Å². The van der Waals surface area contributed by atoms with Crippen LogP contribution in [0, 0.1) is 16.0 Å². The van der Waals surface area contributed by atoms with Gasteiger partial charge in [-0.1, -0.05) is 0 Å². The molecule has 1 saturated heterocycles. The standard InChI is InChI=1S/C14H20N4O4/c1-22-14(19)10-17-6-2-3-11(9-17)7-15-13-5-4-12(8-16-13)18(20)21/h4-5,8,11H,2-3,6-7,9-10H2,1H3,(H,15,16). The first-order chi connectivity index (χ1) is 10.6. The Hall–Kier alpha value is -2.22. The minimum atomic E-state index is -0.470. The maximum absolute atomic E-state index is 11.3. The molecule has 2 heterocycles. The smallest absolute Gasteiger partial charge is 0.319 e. The summed E-state index contributed by atoms with van der Waals surface area (Å²) in [6, 6.07) is 3.03. The number of esters is 1. The summed E-state index contributed by atoms with van der Waals surface area (Å²) in [7, 11) is 1.39. The van der Waals surface area contributed by atoms with Crippen molar-refractivity contribution in [1.29, 1.82) is 0 Å². The van der Waals surface area contributed by atoms with Crippen LogP contribution in [0.4, 0.5) is 11.5 Å². The van der Waals surface area contributed by atoms with Gasteiger partial charge < -0.3 is 10.1 Å². The lowest BCUT2D eigenvalue weighted by atomic mass is 9.98. The van der Waals surface area contributed by atoms with E-state index in [-0.39, 0.29) is 11.7 Å². The zero-order chi connectivity index (χ0) is 15.9. The molecule has 22 heavy (non-hydrogen) atoms. The van der Waals surface area contributed by atoms with Crippen molar-refractivity contribution >= 4 is 17.5 Å². The molecule has 8 nitrogen and oxygen atoms in total. The molecule has 1 aromatic rings. The van der Waals surface area contributed by atoms with E-state index in [9.17, 15) is 14.9 Å². The maximum atomic E-state index is 11.3. The number of methoxy groups -OCH3 is 1. The summed E-state index contributed by atoms with van der Waals surface area (Å²) in [4.78, 5) is 27.5. The molecule has 1 atom stereocenters. The van der Waals surface area contributed by atoms with Gasteiger partial charge >= 0.3 is 5.97 Å². The third kappa shape index (κ3) is 4.66. The molecule has 1 unspecified atom stereocenters. The van der Waals surface area contributed by atoms with Crippen LogP contribution in [0.15, 0.2) is 18.3 Å². The highest BCUT2D eigenvalue weighted by atomic mass is 16.6. The normalized spacial score (nSPS) is 18.7. The maximum Gasteiger partial charge on any atom is 0.319 e. The van der Waals surface area contributed by atoms with Crippen molar-refractivity contribution in [3.8, 4) is 0 Å². The number of anilines is 1. The van der Waals surface area contributed by atoms with E-state index in [2.05, 4.69) is 19.9 Å². The molecule has 0 amide bonds. The molecule has 0 bridgehead atoms. The van der Waals surface area contributed by atoms with Crippen molar-refractivity contribution in [2.24, 2.45) is 5.92 Å². The number of nitrogens with one attached hydrogen (secondary N) is 1. The second-order valence-electron chi connectivity index (χ2n) is 5.36. The summed E-state index contributed by atoms with van der Waals surface area (Å²) in [6.07, 6.45) is 3.36. The fourth-order valence-electron chi connectivity index (χ4n) is 2.56. The Bertz CT molecular complexity index is 520. The van der Waals surface area contributed by atoms with Crippen LogP contribution in [0.1, 0.15) is 12.8 Å². The highest BCUT2D eigenvalue weighted by Crippen LogP contribution is 2.18. The van der Waals surface area contributed by atoms with Crippen molar-refractivity contribution in [1.82, 2.24) is 9.88 Å². The van der Waals surface area contributed by atoms with E-state index in [4.69, 9.17) is 0 Å². The van der Waals surface area contributed by atoms with Crippen LogP contribution >= 0.6 is 0 Å². The molecule has 1 aliphatic rings. The van der Waals surface area contributed by atoms with Crippen LogP contribution in [0.25, 0.3) is 0 Å². The molecule has 0 aliphatic carbocycles. The number of rotatable bonds is 6. The molecule has 0 aromatic carbocycles. The topological polar surface area (TPSA) is 97.6 Å². The molecule has 0 spiro atoms. The van der Waals surface area contributed by atoms with E-state index in [0.29, 0.717) is 18.3 Å². The van der Waals surface area contributed by atoms with Gasteiger partial charge in [0.15, 0.2) is 0 Å². The monoisotopic (exact) mass is 308 g/mol. The number of nitro groups is 1. The Morgan fingerprint density at radius 2 is 2.41 bits per heavy atom. The quantitative estimate of drug-likeness (QED) is 0.480. The first kappa shape index (κ1) is 16.2. The number of carbonyl (C=O) groups is 1.